The molecule has 142 valence electrons. The summed E-state index contributed by atoms with van der Waals surface area (Å²) in [4.78, 5) is 4.90. The number of hydrogen-bond acceptors (Lipinski definition) is 4. The molecule has 0 fully saturated rings. The zero-order valence-corrected chi connectivity index (χ0v) is 16.6. The number of fused-ring (bicyclic) bond motifs is 3. The smallest absolute Gasteiger partial charge is 0.186 e. The highest BCUT2D eigenvalue weighted by atomic mass is 35.5. The van der Waals surface area contributed by atoms with Gasteiger partial charge in [-0.15, -0.1) is 5.10 Å². The van der Waals surface area contributed by atoms with E-state index in [0.29, 0.717) is 6.54 Å². The van der Waals surface area contributed by atoms with Crippen LogP contribution < -0.4 is 5.32 Å². The van der Waals surface area contributed by atoms with Crippen molar-refractivity contribution in [3.8, 4) is 11.3 Å². The lowest BCUT2D eigenvalue weighted by Crippen LogP contribution is -2.05. The number of aryl methyl sites for hydroxylation is 1. The van der Waals surface area contributed by atoms with Gasteiger partial charge in [0.1, 0.15) is 11.5 Å². The molecule has 0 atom stereocenters. The van der Waals surface area contributed by atoms with Crippen molar-refractivity contribution in [3.63, 3.8) is 0 Å². The van der Waals surface area contributed by atoms with Gasteiger partial charge in [-0.1, -0.05) is 64.8 Å². The lowest BCUT2D eigenvalue weighted by atomic mass is 10.1. The Morgan fingerprint density at radius 2 is 1.79 bits per heavy atom. The van der Waals surface area contributed by atoms with Crippen LogP contribution in [-0.4, -0.2) is 19.8 Å². The molecule has 2 aromatic heterocycles. The summed E-state index contributed by atoms with van der Waals surface area (Å²) in [6, 6.07) is 24.1. The molecule has 0 bridgehead atoms. The average molecular weight is 400 g/mol. The number of nitrogens with zero attached hydrogens (tertiary/aromatic N) is 4. The summed E-state index contributed by atoms with van der Waals surface area (Å²) in [7, 11) is 0. The molecule has 5 aromatic rings. The molecule has 0 saturated heterocycles. The first kappa shape index (κ1) is 17.6. The van der Waals surface area contributed by atoms with Crippen LogP contribution in [0.4, 0.5) is 5.82 Å². The summed E-state index contributed by atoms with van der Waals surface area (Å²) in [6.07, 6.45) is 0. The van der Waals surface area contributed by atoms with Gasteiger partial charge in [0.15, 0.2) is 5.65 Å². The molecule has 0 unspecified atom stereocenters. The molecule has 5 rings (SSSR count). The van der Waals surface area contributed by atoms with Gasteiger partial charge < -0.3 is 5.32 Å². The van der Waals surface area contributed by atoms with Gasteiger partial charge in [-0.2, -0.15) is 4.52 Å². The minimum absolute atomic E-state index is 0.645. The number of anilines is 1. The minimum Gasteiger partial charge on any atom is -0.365 e. The van der Waals surface area contributed by atoms with E-state index < -0.39 is 0 Å². The second kappa shape index (κ2) is 7.18. The van der Waals surface area contributed by atoms with Crippen LogP contribution in [0.1, 0.15) is 11.1 Å². The van der Waals surface area contributed by atoms with E-state index in [4.69, 9.17) is 16.6 Å². The highest BCUT2D eigenvalue weighted by molar-refractivity contribution is 6.30. The Morgan fingerprint density at radius 1 is 0.966 bits per heavy atom. The summed E-state index contributed by atoms with van der Waals surface area (Å²) in [5.74, 6) is 0.805. The molecule has 2 heterocycles. The van der Waals surface area contributed by atoms with Gasteiger partial charge in [-0.3, -0.25) is 0 Å². The molecule has 3 aromatic carbocycles. The van der Waals surface area contributed by atoms with E-state index in [1.807, 2.05) is 60.7 Å². The topological polar surface area (TPSA) is 55.1 Å². The first-order valence-corrected chi connectivity index (χ1v) is 9.76. The summed E-state index contributed by atoms with van der Waals surface area (Å²) in [5.41, 5.74) is 5.77. The van der Waals surface area contributed by atoms with Crippen molar-refractivity contribution in [2.24, 2.45) is 0 Å². The van der Waals surface area contributed by atoms with Gasteiger partial charge in [0, 0.05) is 22.5 Å². The maximum Gasteiger partial charge on any atom is 0.186 e. The van der Waals surface area contributed by atoms with Gasteiger partial charge in [-0.25, -0.2) is 4.98 Å². The third kappa shape index (κ3) is 3.30. The van der Waals surface area contributed by atoms with Crippen molar-refractivity contribution in [3.05, 3.63) is 88.9 Å². The van der Waals surface area contributed by atoms with Crippen molar-refractivity contribution in [1.29, 1.82) is 0 Å². The molecular weight excluding hydrogens is 382 g/mol. The Hall–Kier alpha value is -3.44. The van der Waals surface area contributed by atoms with E-state index in [2.05, 4.69) is 34.7 Å². The molecule has 5 nitrogen and oxygen atoms in total. The van der Waals surface area contributed by atoms with Crippen molar-refractivity contribution >= 4 is 34.0 Å². The second-order valence-corrected chi connectivity index (χ2v) is 7.44. The van der Waals surface area contributed by atoms with Gasteiger partial charge in [0.2, 0.25) is 0 Å². The minimum atomic E-state index is 0.645. The highest BCUT2D eigenvalue weighted by Crippen LogP contribution is 2.28. The molecule has 1 N–H and O–H groups in total. The van der Waals surface area contributed by atoms with Crippen LogP contribution in [0.25, 0.3) is 27.8 Å². The van der Waals surface area contributed by atoms with E-state index >= 15 is 0 Å². The molecule has 29 heavy (non-hydrogen) atoms. The summed E-state index contributed by atoms with van der Waals surface area (Å²) < 4.78 is 1.81. The van der Waals surface area contributed by atoms with E-state index in [1.165, 1.54) is 5.56 Å². The number of hydrogen-bond donors (Lipinski definition) is 1. The molecule has 0 saturated carbocycles. The van der Waals surface area contributed by atoms with Gasteiger partial charge in [0.25, 0.3) is 0 Å². The summed E-state index contributed by atoms with van der Waals surface area (Å²) in [5, 5.41) is 14.0. The lowest BCUT2D eigenvalue weighted by Gasteiger charge is -2.11. The number of nitrogens with one attached hydrogen (secondary N) is 1. The largest absolute Gasteiger partial charge is 0.365 e. The number of benzene rings is 3. The predicted molar refractivity (Wildman–Crippen MR) is 117 cm³/mol. The van der Waals surface area contributed by atoms with Crippen LogP contribution in [0.15, 0.2) is 72.8 Å². The SMILES string of the molecule is Cc1cccc(-c2nnn3c2nc(NCc2ccc(Cl)cc2)c2ccccc23)c1. The number of aromatic nitrogens is 4. The van der Waals surface area contributed by atoms with Gasteiger partial charge in [-0.05, 0) is 42.8 Å². The fourth-order valence-electron chi connectivity index (χ4n) is 3.47. The van der Waals surface area contributed by atoms with Crippen LogP contribution in [0.2, 0.25) is 5.02 Å². The van der Waals surface area contributed by atoms with Crippen LogP contribution >= 0.6 is 11.6 Å². The molecule has 6 heteroatoms. The highest BCUT2D eigenvalue weighted by Gasteiger charge is 2.15. The van der Waals surface area contributed by atoms with Crippen LogP contribution in [-0.2, 0) is 6.54 Å². The Kier molecular flexibility index (Phi) is 4.37. The first-order chi connectivity index (χ1) is 14.2. The normalized spacial score (nSPS) is 11.2. The fourth-order valence-corrected chi connectivity index (χ4v) is 3.59. The number of rotatable bonds is 4. The molecule has 0 aliphatic heterocycles. The molecule has 0 radical (unpaired) electrons. The Bertz CT molecular complexity index is 1320. The van der Waals surface area contributed by atoms with Crippen LogP contribution in [0.5, 0.6) is 0 Å². The zero-order valence-electron chi connectivity index (χ0n) is 15.8. The maximum atomic E-state index is 6.00. The first-order valence-electron chi connectivity index (χ1n) is 9.38. The summed E-state index contributed by atoms with van der Waals surface area (Å²) in [6.45, 7) is 2.71. The summed E-state index contributed by atoms with van der Waals surface area (Å²) >= 11 is 6.00. The third-order valence-corrected chi connectivity index (χ3v) is 5.17. The van der Waals surface area contributed by atoms with Gasteiger partial charge in [0.05, 0.1) is 5.52 Å². The molecule has 0 amide bonds. The molecular formula is C23H18ClN5. The van der Waals surface area contributed by atoms with E-state index in [0.717, 1.165) is 44.2 Å². The lowest BCUT2D eigenvalue weighted by molar-refractivity contribution is 0.876. The van der Waals surface area contributed by atoms with E-state index in [-0.39, 0.29) is 0 Å². The zero-order chi connectivity index (χ0) is 19.8. The van der Waals surface area contributed by atoms with Crippen LogP contribution in [0.3, 0.4) is 0 Å². The van der Waals surface area contributed by atoms with E-state index in [9.17, 15) is 0 Å². The number of halogens is 1. The van der Waals surface area contributed by atoms with E-state index in [1.54, 1.807) is 4.52 Å². The Labute approximate surface area is 173 Å². The monoisotopic (exact) mass is 399 g/mol. The van der Waals surface area contributed by atoms with Crippen molar-refractivity contribution in [2.75, 3.05) is 5.32 Å². The molecule has 0 aliphatic rings. The average Bonchev–Trinajstić information content (AvgIpc) is 3.17. The Balaban J connectivity index is 1.63. The van der Waals surface area contributed by atoms with Crippen molar-refractivity contribution in [1.82, 2.24) is 19.8 Å². The van der Waals surface area contributed by atoms with Crippen LogP contribution in [0, 0.1) is 6.92 Å². The molecule has 0 spiro atoms. The standard InChI is InChI=1S/C23H18ClN5/c1-15-5-4-6-17(13-15)21-23-26-22(25-14-16-9-11-18(24)12-10-16)19-7-2-3-8-20(19)29(23)28-27-21/h2-13H,14H2,1H3,(H,25,26). The predicted octanol–water partition coefficient (Wildman–Crippen LogP) is 5.52. The fraction of sp³-hybridized carbons (Fsp3) is 0.0870. The van der Waals surface area contributed by atoms with Crippen molar-refractivity contribution < 1.29 is 0 Å². The maximum absolute atomic E-state index is 6.00. The second-order valence-electron chi connectivity index (χ2n) is 7.00. The van der Waals surface area contributed by atoms with Gasteiger partial charge >= 0.3 is 0 Å². The quantitative estimate of drug-likeness (QED) is 0.432. The van der Waals surface area contributed by atoms with Crippen molar-refractivity contribution in [2.45, 2.75) is 13.5 Å². The molecule has 0 aliphatic carbocycles. The Morgan fingerprint density at radius 3 is 2.62 bits per heavy atom. The number of para-hydroxylation sites is 1. The third-order valence-electron chi connectivity index (χ3n) is 4.92.